The van der Waals surface area contributed by atoms with E-state index in [0.717, 1.165) is 0 Å². The van der Waals surface area contributed by atoms with Gasteiger partial charge in [-0.25, -0.2) is 0 Å². The minimum atomic E-state index is 1.25. The molecule has 0 aliphatic rings. The number of hydrogen-bond acceptors (Lipinski definition) is 2. The van der Waals surface area contributed by atoms with Crippen LogP contribution in [0.2, 0.25) is 0 Å². The topological polar surface area (TPSA) is 0 Å². The molecular weight excluding hydrogens is 713 g/mol. The fourth-order valence-corrected chi connectivity index (χ4v) is 11.8. The number of fused-ring (bicyclic) bond motifs is 16. The molecule has 0 N–H and O–H groups in total. The van der Waals surface area contributed by atoms with Gasteiger partial charge in [0.2, 0.25) is 0 Å². The summed E-state index contributed by atoms with van der Waals surface area (Å²) in [6, 6.07) is 68.7. The first kappa shape index (κ1) is 30.7. The molecule has 0 bridgehead atoms. The van der Waals surface area contributed by atoms with Crippen molar-refractivity contribution in [3.63, 3.8) is 0 Å². The van der Waals surface area contributed by atoms with E-state index in [9.17, 15) is 0 Å². The smallest absolute Gasteiger partial charge is 0.0362 e. The van der Waals surface area contributed by atoms with Gasteiger partial charge in [-0.2, -0.15) is 0 Å². The van der Waals surface area contributed by atoms with Crippen molar-refractivity contribution in [1.29, 1.82) is 0 Å². The van der Waals surface area contributed by atoms with Gasteiger partial charge in [-0.15, -0.1) is 22.7 Å². The van der Waals surface area contributed by atoms with Gasteiger partial charge in [0.05, 0.1) is 0 Å². The van der Waals surface area contributed by atoms with E-state index in [2.05, 4.69) is 182 Å². The van der Waals surface area contributed by atoms with Crippen molar-refractivity contribution in [2.75, 3.05) is 0 Å². The highest BCUT2D eigenvalue weighted by Crippen LogP contribution is 2.49. The van der Waals surface area contributed by atoms with Crippen molar-refractivity contribution in [2.45, 2.75) is 0 Å². The summed E-state index contributed by atoms with van der Waals surface area (Å²) < 4.78 is 5.32. The normalized spacial score (nSPS) is 12.3. The van der Waals surface area contributed by atoms with Gasteiger partial charge in [-0.1, -0.05) is 121 Å². The van der Waals surface area contributed by atoms with Crippen LogP contribution in [0.1, 0.15) is 0 Å². The molecule has 2 heterocycles. The Morgan fingerprint density at radius 3 is 1.18 bits per heavy atom. The molecule has 13 rings (SSSR count). The molecule has 2 heteroatoms. The summed E-state index contributed by atoms with van der Waals surface area (Å²) in [6.45, 7) is 0. The second-order valence-electron chi connectivity index (χ2n) is 15.2. The maximum atomic E-state index is 2.50. The highest BCUT2D eigenvalue weighted by Gasteiger charge is 2.20. The first-order valence-corrected chi connectivity index (χ1v) is 20.9. The molecule has 0 atom stereocenters. The molecule has 0 spiro atoms. The van der Waals surface area contributed by atoms with Crippen LogP contribution in [0.3, 0.4) is 0 Å². The molecule has 0 aliphatic heterocycles. The van der Waals surface area contributed by atoms with Gasteiger partial charge in [0.15, 0.2) is 0 Å². The number of hydrogen-bond donors (Lipinski definition) is 0. The Morgan fingerprint density at radius 2 is 0.679 bits per heavy atom. The number of thiophene rings is 2. The van der Waals surface area contributed by atoms with Crippen LogP contribution >= 0.6 is 22.7 Å². The second-order valence-corrected chi connectivity index (χ2v) is 17.4. The molecule has 0 unspecified atom stereocenters. The van der Waals surface area contributed by atoms with Crippen LogP contribution in [0, 0.1) is 0 Å². The van der Waals surface area contributed by atoms with Gasteiger partial charge in [0.25, 0.3) is 0 Å². The van der Waals surface area contributed by atoms with Crippen LogP contribution in [0.5, 0.6) is 0 Å². The van der Waals surface area contributed by atoms with Crippen molar-refractivity contribution in [3.05, 3.63) is 182 Å². The summed E-state index contributed by atoms with van der Waals surface area (Å²) in [5, 5.41) is 20.8. The molecule has 56 heavy (non-hydrogen) atoms. The fourth-order valence-electron chi connectivity index (χ4n) is 9.61. The average Bonchev–Trinajstić information content (AvgIpc) is 3.83. The molecule has 0 nitrogen and oxygen atoms in total. The molecule has 258 valence electrons. The van der Waals surface area contributed by atoms with Crippen molar-refractivity contribution in [3.8, 4) is 22.3 Å². The maximum absolute atomic E-state index is 2.50. The SMILES string of the molecule is c1ccc2cc(-c3cc4cc5cc(-c6ccc7ccccc7c6)c6c(ccc7sc8ccccc8c76)c5cc4c4ccc5sc6ccccc6c5c34)ccc2c1. The predicted molar refractivity (Wildman–Crippen MR) is 248 cm³/mol. The lowest BCUT2D eigenvalue weighted by atomic mass is 9.86. The largest absolute Gasteiger partial charge is 0.135 e. The Kier molecular flexibility index (Phi) is 6.29. The number of benzene rings is 11. The highest BCUT2D eigenvalue weighted by molar-refractivity contribution is 7.26. The zero-order chi connectivity index (χ0) is 36.5. The Morgan fingerprint density at radius 1 is 0.232 bits per heavy atom. The first-order chi connectivity index (χ1) is 27.7. The lowest BCUT2D eigenvalue weighted by molar-refractivity contribution is 1.71. The van der Waals surface area contributed by atoms with E-state index in [0.29, 0.717) is 0 Å². The van der Waals surface area contributed by atoms with Gasteiger partial charge in [0.1, 0.15) is 0 Å². The Bertz CT molecular complexity index is 3570. The van der Waals surface area contributed by atoms with Gasteiger partial charge in [-0.3, -0.25) is 0 Å². The van der Waals surface area contributed by atoms with Crippen molar-refractivity contribution >= 4 is 128 Å². The van der Waals surface area contributed by atoms with Crippen LogP contribution in [0.15, 0.2) is 182 Å². The molecule has 13 aromatic rings. The minimum absolute atomic E-state index is 1.25. The van der Waals surface area contributed by atoms with E-state index in [-0.39, 0.29) is 0 Å². The fraction of sp³-hybridized carbons (Fsp3) is 0. The van der Waals surface area contributed by atoms with Gasteiger partial charge < -0.3 is 0 Å². The maximum Gasteiger partial charge on any atom is 0.0362 e. The quantitative estimate of drug-likeness (QED) is 0.122. The third-order valence-corrected chi connectivity index (χ3v) is 14.4. The zero-order valence-corrected chi connectivity index (χ0v) is 31.8. The Balaban J connectivity index is 1.20. The summed E-state index contributed by atoms with van der Waals surface area (Å²) in [5.74, 6) is 0. The van der Waals surface area contributed by atoms with Gasteiger partial charge in [-0.05, 0) is 148 Å². The van der Waals surface area contributed by atoms with Crippen LogP contribution in [-0.4, -0.2) is 0 Å². The minimum Gasteiger partial charge on any atom is -0.135 e. The Labute approximate surface area is 330 Å². The van der Waals surface area contributed by atoms with E-state index >= 15 is 0 Å². The molecule has 0 saturated heterocycles. The van der Waals surface area contributed by atoms with Crippen LogP contribution < -0.4 is 0 Å². The molecule has 0 radical (unpaired) electrons. The lowest BCUT2D eigenvalue weighted by Crippen LogP contribution is -1.90. The summed E-state index contributed by atoms with van der Waals surface area (Å²) >= 11 is 3.79. The van der Waals surface area contributed by atoms with E-state index in [1.165, 1.54) is 127 Å². The summed E-state index contributed by atoms with van der Waals surface area (Å²) in [7, 11) is 0. The molecule has 0 aliphatic carbocycles. The van der Waals surface area contributed by atoms with Crippen molar-refractivity contribution in [1.82, 2.24) is 0 Å². The molecular formula is C54H30S2. The summed E-state index contributed by atoms with van der Waals surface area (Å²) in [6.07, 6.45) is 0. The standard InChI is InChI=1S/C54H30S2/c1-3-11-33-25-35(19-17-31(33)9-1)45-28-37-27-38-29-46(36-20-18-32-10-2-4-12-34(32)26-36)52-40(22-24-50-54(52)42-14-6-8-16-48(42)56-50)44(38)30-43(37)39-21-23-49-53(51(39)45)41-13-5-7-15-47(41)55-49/h1-30H. The van der Waals surface area contributed by atoms with E-state index < -0.39 is 0 Å². The summed E-state index contributed by atoms with van der Waals surface area (Å²) in [5.41, 5.74) is 5.07. The lowest BCUT2D eigenvalue weighted by Gasteiger charge is -2.17. The number of rotatable bonds is 2. The van der Waals surface area contributed by atoms with Crippen LogP contribution in [-0.2, 0) is 0 Å². The van der Waals surface area contributed by atoms with Crippen LogP contribution in [0.25, 0.3) is 127 Å². The highest BCUT2D eigenvalue weighted by atomic mass is 32.1. The monoisotopic (exact) mass is 742 g/mol. The van der Waals surface area contributed by atoms with E-state index in [1.54, 1.807) is 0 Å². The van der Waals surface area contributed by atoms with E-state index in [4.69, 9.17) is 0 Å². The third-order valence-electron chi connectivity index (χ3n) is 12.1. The third kappa shape index (κ3) is 4.34. The zero-order valence-electron chi connectivity index (χ0n) is 30.1. The van der Waals surface area contributed by atoms with Crippen LogP contribution in [0.4, 0.5) is 0 Å². The van der Waals surface area contributed by atoms with Crippen molar-refractivity contribution in [2.24, 2.45) is 0 Å². The Hall–Kier alpha value is -6.58. The van der Waals surface area contributed by atoms with Crippen molar-refractivity contribution < 1.29 is 0 Å². The van der Waals surface area contributed by atoms with Gasteiger partial charge >= 0.3 is 0 Å². The molecule has 0 fully saturated rings. The molecule has 0 saturated carbocycles. The molecule has 0 amide bonds. The first-order valence-electron chi connectivity index (χ1n) is 19.2. The average molecular weight is 743 g/mol. The molecule has 11 aromatic carbocycles. The molecule has 2 aromatic heterocycles. The van der Waals surface area contributed by atoms with Gasteiger partial charge in [0, 0.05) is 40.3 Å². The van der Waals surface area contributed by atoms with E-state index in [1.807, 2.05) is 22.7 Å². The predicted octanol–water partition coefficient (Wildman–Crippen LogP) is 16.7. The summed E-state index contributed by atoms with van der Waals surface area (Å²) in [4.78, 5) is 0. The second kappa shape index (κ2) is 11.5.